The van der Waals surface area contributed by atoms with Crippen LogP contribution in [0.1, 0.15) is 38.2 Å². The van der Waals surface area contributed by atoms with Gasteiger partial charge < -0.3 is 15.5 Å². The third kappa shape index (κ3) is 7.46. The van der Waals surface area contributed by atoms with E-state index in [9.17, 15) is 0 Å². The maximum absolute atomic E-state index is 4.87. The fourth-order valence-electron chi connectivity index (χ4n) is 4.00. The van der Waals surface area contributed by atoms with Crippen molar-refractivity contribution >= 4 is 45.9 Å². The molecule has 0 spiro atoms. The Labute approximate surface area is 195 Å². The monoisotopic (exact) mass is 563 g/mol. The van der Waals surface area contributed by atoms with Crippen LogP contribution in [0.25, 0.3) is 0 Å². The summed E-state index contributed by atoms with van der Waals surface area (Å²) < 4.78 is 1.15. The lowest BCUT2D eigenvalue weighted by Gasteiger charge is -2.33. The highest BCUT2D eigenvalue weighted by Crippen LogP contribution is 2.17. The number of likely N-dealkylation sites (tertiary alicyclic amines) is 2. The van der Waals surface area contributed by atoms with Crippen LogP contribution in [0.2, 0.25) is 0 Å². The molecule has 2 N–H and O–H groups in total. The minimum absolute atomic E-state index is 0. The lowest BCUT2D eigenvalue weighted by Crippen LogP contribution is -2.48. The molecule has 2 fully saturated rings. The Hall–Kier alpha value is -0.380. The zero-order chi connectivity index (χ0) is 19.1. The molecular weight excluding hydrogens is 529 g/mol. The highest BCUT2D eigenvalue weighted by Gasteiger charge is 2.22. The van der Waals surface area contributed by atoms with Gasteiger partial charge in [-0.25, -0.2) is 0 Å². The molecule has 0 aliphatic carbocycles. The van der Waals surface area contributed by atoms with Crippen molar-refractivity contribution in [2.45, 2.75) is 51.2 Å². The van der Waals surface area contributed by atoms with E-state index in [1.165, 1.54) is 37.8 Å². The van der Waals surface area contributed by atoms with Crippen LogP contribution < -0.4 is 10.6 Å². The molecule has 2 aliphatic heterocycles. The number of rotatable bonds is 6. The van der Waals surface area contributed by atoms with E-state index in [1.807, 2.05) is 0 Å². The van der Waals surface area contributed by atoms with Crippen LogP contribution in [0.5, 0.6) is 0 Å². The van der Waals surface area contributed by atoms with Gasteiger partial charge in [-0.2, -0.15) is 0 Å². The number of halogens is 2. The average Bonchev–Trinajstić information content (AvgIpc) is 3.08. The van der Waals surface area contributed by atoms with E-state index >= 15 is 0 Å². The highest BCUT2D eigenvalue weighted by molar-refractivity contribution is 14.0. The van der Waals surface area contributed by atoms with Gasteiger partial charge >= 0.3 is 0 Å². The first-order valence-electron chi connectivity index (χ1n) is 10.4. The molecule has 2 heterocycles. The summed E-state index contributed by atoms with van der Waals surface area (Å²) >= 11 is 3.51. The maximum Gasteiger partial charge on any atom is 0.191 e. The Kier molecular flexibility index (Phi) is 10.5. The van der Waals surface area contributed by atoms with Crippen molar-refractivity contribution in [2.75, 3.05) is 39.8 Å². The molecule has 0 radical (unpaired) electrons. The first kappa shape index (κ1) is 23.9. The fraction of sp³-hybridized carbons (Fsp3) is 0.667. The molecule has 2 aliphatic rings. The second-order valence-corrected chi connectivity index (χ2v) is 8.73. The summed E-state index contributed by atoms with van der Waals surface area (Å²) in [5.41, 5.74) is 1.39. The second kappa shape index (κ2) is 12.3. The van der Waals surface area contributed by atoms with E-state index in [2.05, 4.69) is 74.6 Å². The number of benzene rings is 1. The molecule has 0 bridgehead atoms. The summed E-state index contributed by atoms with van der Waals surface area (Å²) in [6, 6.07) is 9.81. The summed E-state index contributed by atoms with van der Waals surface area (Å²) in [6.07, 6.45) is 4.92. The van der Waals surface area contributed by atoms with Gasteiger partial charge in [0, 0.05) is 42.7 Å². The number of guanidine groups is 1. The summed E-state index contributed by atoms with van der Waals surface area (Å²) in [6.45, 7) is 8.48. The number of hydrogen-bond acceptors (Lipinski definition) is 3. The standard InChI is InChI=1S/C21H34BrN5.HI/c1-3-23-21(24-15-20-5-4-12-26(20)2)25-19-10-13-27(14-11-19)16-17-6-8-18(22)9-7-17;/h6-9,19-20H,3-5,10-16H2,1-2H3,(H2,23,24,25);1H. The Bertz CT molecular complexity index is 601. The average molecular weight is 564 g/mol. The smallest absolute Gasteiger partial charge is 0.191 e. The molecule has 0 saturated carbocycles. The van der Waals surface area contributed by atoms with E-state index in [0.29, 0.717) is 12.1 Å². The van der Waals surface area contributed by atoms with Gasteiger partial charge in [0.15, 0.2) is 5.96 Å². The molecule has 28 heavy (non-hydrogen) atoms. The van der Waals surface area contributed by atoms with E-state index in [1.54, 1.807) is 0 Å². The topological polar surface area (TPSA) is 42.9 Å². The molecule has 1 atom stereocenters. The number of nitrogens with one attached hydrogen (secondary N) is 2. The first-order chi connectivity index (χ1) is 13.1. The van der Waals surface area contributed by atoms with Gasteiger partial charge in [0.1, 0.15) is 0 Å². The van der Waals surface area contributed by atoms with Gasteiger partial charge in [0.2, 0.25) is 0 Å². The highest BCUT2D eigenvalue weighted by atomic mass is 127. The SMILES string of the molecule is CCNC(=NCC1CCCN1C)NC1CCN(Cc2ccc(Br)cc2)CC1.I. The van der Waals surface area contributed by atoms with E-state index in [0.717, 1.165) is 43.2 Å². The van der Waals surface area contributed by atoms with Gasteiger partial charge in [-0.15, -0.1) is 24.0 Å². The summed E-state index contributed by atoms with van der Waals surface area (Å²) in [4.78, 5) is 9.86. The van der Waals surface area contributed by atoms with Crippen molar-refractivity contribution in [3.63, 3.8) is 0 Å². The van der Waals surface area contributed by atoms with Crippen molar-refractivity contribution in [1.82, 2.24) is 20.4 Å². The van der Waals surface area contributed by atoms with Crippen molar-refractivity contribution in [2.24, 2.45) is 4.99 Å². The number of hydrogen-bond donors (Lipinski definition) is 2. The molecule has 7 heteroatoms. The third-order valence-electron chi connectivity index (χ3n) is 5.72. The van der Waals surface area contributed by atoms with Gasteiger partial charge in [0.05, 0.1) is 6.54 Å². The van der Waals surface area contributed by atoms with E-state index in [-0.39, 0.29) is 24.0 Å². The van der Waals surface area contributed by atoms with Crippen LogP contribution in [-0.2, 0) is 6.54 Å². The van der Waals surface area contributed by atoms with Crippen LogP contribution in [0.4, 0.5) is 0 Å². The molecule has 1 unspecified atom stereocenters. The molecule has 2 saturated heterocycles. The van der Waals surface area contributed by atoms with Crippen LogP contribution in [0.15, 0.2) is 33.7 Å². The van der Waals surface area contributed by atoms with Crippen LogP contribution >= 0.6 is 39.9 Å². The van der Waals surface area contributed by atoms with Crippen LogP contribution in [0.3, 0.4) is 0 Å². The van der Waals surface area contributed by atoms with Gasteiger partial charge in [0.25, 0.3) is 0 Å². The Balaban J connectivity index is 0.00000280. The van der Waals surface area contributed by atoms with Crippen LogP contribution in [0, 0.1) is 0 Å². The Morgan fingerprint density at radius 3 is 2.46 bits per heavy atom. The number of likely N-dealkylation sites (N-methyl/N-ethyl adjacent to an activating group) is 1. The molecule has 5 nitrogen and oxygen atoms in total. The lowest BCUT2D eigenvalue weighted by atomic mass is 10.0. The summed E-state index contributed by atoms with van der Waals surface area (Å²) in [7, 11) is 2.22. The number of aliphatic imine (C=N–C) groups is 1. The van der Waals surface area contributed by atoms with E-state index < -0.39 is 0 Å². The molecule has 1 aromatic carbocycles. The molecule has 3 rings (SSSR count). The Morgan fingerprint density at radius 2 is 1.86 bits per heavy atom. The van der Waals surface area contributed by atoms with Crippen molar-refractivity contribution < 1.29 is 0 Å². The van der Waals surface area contributed by atoms with Gasteiger partial charge in [-0.05, 0) is 63.9 Å². The summed E-state index contributed by atoms with van der Waals surface area (Å²) in [5.74, 6) is 0.990. The lowest BCUT2D eigenvalue weighted by molar-refractivity contribution is 0.198. The van der Waals surface area contributed by atoms with Crippen molar-refractivity contribution in [3.8, 4) is 0 Å². The normalized spacial score (nSPS) is 22.1. The quantitative estimate of drug-likeness (QED) is 0.315. The Morgan fingerprint density at radius 1 is 1.14 bits per heavy atom. The van der Waals surface area contributed by atoms with Crippen molar-refractivity contribution in [3.05, 3.63) is 34.3 Å². The minimum atomic E-state index is 0. The fourth-order valence-corrected chi connectivity index (χ4v) is 4.27. The molecule has 158 valence electrons. The zero-order valence-corrected chi connectivity index (χ0v) is 21.1. The van der Waals surface area contributed by atoms with Gasteiger partial charge in [-0.3, -0.25) is 9.89 Å². The maximum atomic E-state index is 4.87. The van der Waals surface area contributed by atoms with E-state index in [4.69, 9.17) is 4.99 Å². The minimum Gasteiger partial charge on any atom is -0.357 e. The summed E-state index contributed by atoms with van der Waals surface area (Å²) in [5, 5.41) is 7.10. The van der Waals surface area contributed by atoms with Crippen molar-refractivity contribution in [1.29, 1.82) is 0 Å². The van der Waals surface area contributed by atoms with Gasteiger partial charge in [-0.1, -0.05) is 28.1 Å². The first-order valence-corrected chi connectivity index (χ1v) is 11.1. The number of nitrogens with zero attached hydrogens (tertiary/aromatic N) is 3. The number of piperidine rings is 1. The second-order valence-electron chi connectivity index (χ2n) is 7.82. The predicted octanol–water partition coefficient (Wildman–Crippen LogP) is 3.68. The molecule has 1 aromatic rings. The third-order valence-corrected chi connectivity index (χ3v) is 6.25. The molecule has 0 aromatic heterocycles. The predicted molar refractivity (Wildman–Crippen MR) is 133 cm³/mol. The largest absolute Gasteiger partial charge is 0.357 e. The van der Waals surface area contributed by atoms with Crippen LogP contribution in [-0.4, -0.2) is 67.6 Å². The zero-order valence-electron chi connectivity index (χ0n) is 17.2. The molecule has 0 amide bonds. The molecular formula is C21H35BrIN5.